The maximum Gasteiger partial charge on any atom is 0.244 e. The lowest BCUT2D eigenvalue weighted by molar-refractivity contribution is -0.117. The first-order valence-electron chi connectivity index (χ1n) is 6.87. The van der Waals surface area contributed by atoms with Crippen molar-refractivity contribution in [2.45, 2.75) is 20.4 Å². The Morgan fingerprint density at radius 3 is 2.62 bits per heavy atom. The first kappa shape index (κ1) is 14.1. The molecule has 2 heterocycles. The second-order valence-corrected chi connectivity index (χ2v) is 6.32. The summed E-state index contributed by atoms with van der Waals surface area (Å²) in [6.45, 7) is 5.62. The van der Waals surface area contributed by atoms with E-state index in [1.807, 2.05) is 34.9 Å². The van der Waals surface area contributed by atoms with Crippen LogP contribution in [0.25, 0.3) is 11.4 Å². The molecule has 3 rings (SSSR count). The molecule has 0 atom stereocenters. The predicted molar refractivity (Wildman–Crippen MR) is 82.3 cm³/mol. The molecular weight excluding hydrogens is 288 g/mol. The lowest BCUT2D eigenvalue weighted by Crippen LogP contribution is -2.47. The standard InChI is InChI=1S/C15H17ClN4O/c1-15(2)9-19(12(21)8-16)14-18-17-13(20(14)10-15)11-6-4-3-5-7-11/h3-7H,8-10H2,1-2H3. The molecule has 0 unspecified atom stereocenters. The number of amides is 1. The molecule has 1 aliphatic rings. The molecule has 0 aliphatic carbocycles. The lowest BCUT2D eigenvalue weighted by Gasteiger charge is -2.37. The summed E-state index contributed by atoms with van der Waals surface area (Å²) in [6.07, 6.45) is 0. The van der Waals surface area contributed by atoms with Crippen molar-refractivity contribution in [1.29, 1.82) is 0 Å². The van der Waals surface area contributed by atoms with Crippen molar-refractivity contribution < 1.29 is 4.79 Å². The van der Waals surface area contributed by atoms with Crippen LogP contribution in [0.2, 0.25) is 0 Å². The number of nitrogens with zero attached hydrogens (tertiary/aromatic N) is 4. The van der Waals surface area contributed by atoms with E-state index in [1.165, 1.54) is 0 Å². The molecule has 1 aromatic heterocycles. The van der Waals surface area contributed by atoms with E-state index in [9.17, 15) is 4.79 Å². The third-order valence-electron chi connectivity index (χ3n) is 3.59. The molecular formula is C15H17ClN4O. The molecule has 0 radical (unpaired) electrons. The summed E-state index contributed by atoms with van der Waals surface area (Å²) in [5, 5.41) is 8.49. The highest BCUT2D eigenvalue weighted by Crippen LogP contribution is 2.34. The van der Waals surface area contributed by atoms with Gasteiger partial charge >= 0.3 is 0 Å². The van der Waals surface area contributed by atoms with Gasteiger partial charge in [-0.15, -0.1) is 21.8 Å². The fourth-order valence-electron chi connectivity index (χ4n) is 2.69. The molecule has 0 spiro atoms. The van der Waals surface area contributed by atoms with E-state index in [-0.39, 0.29) is 17.2 Å². The second-order valence-electron chi connectivity index (χ2n) is 6.05. The van der Waals surface area contributed by atoms with E-state index >= 15 is 0 Å². The Balaban J connectivity index is 2.10. The third-order valence-corrected chi connectivity index (χ3v) is 3.82. The number of hydrogen-bond donors (Lipinski definition) is 0. The van der Waals surface area contributed by atoms with Gasteiger partial charge in [-0.2, -0.15) is 0 Å². The summed E-state index contributed by atoms with van der Waals surface area (Å²) in [5.41, 5.74) is 0.938. The lowest BCUT2D eigenvalue weighted by atomic mass is 9.91. The minimum absolute atomic E-state index is 0.0520. The van der Waals surface area contributed by atoms with E-state index in [0.29, 0.717) is 12.5 Å². The van der Waals surface area contributed by atoms with Gasteiger partial charge in [0.1, 0.15) is 5.88 Å². The summed E-state index contributed by atoms with van der Waals surface area (Å²) >= 11 is 5.72. The van der Waals surface area contributed by atoms with Crippen LogP contribution in [0.1, 0.15) is 13.8 Å². The van der Waals surface area contributed by atoms with Crippen molar-refractivity contribution in [1.82, 2.24) is 14.8 Å². The van der Waals surface area contributed by atoms with Crippen molar-refractivity contribution in [3.8, 4) is 11.4 Å². The Kier molecular flexibility index (Phi) is 3.45. The van der Waals surface area contributed by atoms with Gasteiger partial charge in [-0.3, -0.25) is 14.3 Å². The zero-order chi connectivity index (χ0) is 15.0. The quantitative estimate of drug-likeness (QED) is 0.801. The number of alkyl halides is 1. The molecule has 0 saturated carbocycles. The molecule has 0 fully saturated rings. The Hall–Kier alpha value is -1.88. The number of hydrogen-bond acceptors (Lipinski definition) is 3. The molecule has 2 aromatic rings. The van der Waals surface area contributed by atoms with Crippen molar-refractivity contribution in [3.05, 3.63) is 30.3 Å². The van der Waals surface area contributed by atoms with Gasteiger partial charge in [0.2, 0.25) is 11.9 Å². The van der Waals surface area contributed by atoms with Crippen molar-refractivity contribution in [2.75, 3.05) is 17.3 Å². The summed E-state index contributed by atoms with van der Waals surface area (Å²) in [5.74, 6) is 1.17. The summed E-state index contributed by atoms with van der Waals surface area (Å²) < 4.78 is 2.00. The Morgan fingerprint density at radius 2 is 1.95 bits per heavy atom. The summed E-state index contributed by atoms with van der Waals surface area (Å²) in [7, 11) is 0. The van der Waals surface area contributed by atoms with Gasteiger partial charge in [-0.1, -0.05) is 44.2 Å². The second kappa shape index (κ2) is 5.15. The topological polar surface area (TPSA) is 51.0 Å². The minimum Gasteiger partial charge on any atom is -0.292 e. The van der Waals surface area contributed by atoms with E-state index in [4.69, 9.17) is 11.6 Å². The highest BCUT2D eigenvalue weighted by atomic mass is 35.5. The van der Waals surface area contributed by atoms with Crippen LogP contribution in [-0.4, -0.2) is 33.1 Å². The average Bonchev–Trinajstić information content (AvgIpc) is 2.88. The Bertz CT molecular complexity index is 666. The maximum absolute atomic E-state index is 12.1. The number of fused-ring (bicyclic) bond motifs is 1. The smallest absolute Gasteiger partial charge is 0.244 e. The molecule has 1 aromatic carbocycles. The van der Waals surface area contributed by atoms with Gasteiger partial charge in [-0.05, 0) is 0 Å². The first-order valence-corrected chi connectivity index (χ1v) is 7.40. The van der Waals surface area contributed by atoms with Gasteiger partial charge in [0.25, 0.3) is 0 Å². The zero-order valence-corrected chi connectivity index (χ0v) is 12.8. The van der Waals surface area contributed by atoms with Gasteiger partial charge in [0.15, 0.2) is 5.82 Å². The monoisotopic (exact) mass is 304 g/mol. The number of aromatic nitrogens is 3. The number of benzene rings is 1. The molecule has 1 amide bonds. The Labute approximate surface area is 128 Å². The highest BCUT2D eigenvalue weighted by molar-refractivity contribution is 6.29. The maximum atomic E-state index is 12.1. The molecule has 21 heavy (non-hydrogen) atoms. The molecule has 5 nitrogen and oxygen atoms in total. The van der Waals surface area contributed by atoms with Crippen LogP contribution in [-0.2, 0) is 11.3 Å². The van der Waals surface area contributed by atoms with E-state index in [0.717, 1.165) is 17.9 Å². The number of carbonyl (C=O) groups excluding carboxylic acids is 1. The largest absolute Gasteiger partial charge is 0.292 e. The number of anilines is 1. The molecule has 110 valence electrons. The number of carbonyl (C=O) groups is 1. The third kappa shape index (κ3) is 2.53. The van der Waals surface area contributed by atoms with Crippen LogP contribution in [0.4, 0.5) is 5.95 Å². The molecule has 1 aliphatic heterocycles. The number of rotatable bonds is 2. The normalized spacial score (nSPS) is 16.6. The average molecular weight is 305 g/mol. The highest BCUT2D eigenvalue weighted by Gasteiger charge is 2.36. The van der Waals surface area contributed by atoms with E-state index in [1.54, 1.807) is 4.90 Å². The van der Waals surface area contributed by atoms with Crippen LogP contribution >= 0.6 is 11.6 Å². The molecule has 0 bridgehead atoms. The van der Waals surface area contributed by atoms with Crippen LogP contribution < -0.4 is 4.90 Å². The van der Waals surface area contributed by atoms with Crippen LogP contribution in [0, 0.1) is 5.41 Å². The fraction of sp³-hybridized carbons (Fsp3) is 0.400. The van der Waals surface area contributed by atoms with E-state index < -0.39 is 0 Å². The van der Waals surface area contributed by atoms with Crippen LogP contribution in [0.3, 0.4) is 0 Å². The Morgan fingerprint density at radius 1 is 1.24 bits per heavy atom. The van der Waals surface area contributed by atoms with Crippen LogP contribution in [0.5, 0.6) is 0 Å². The van der Waals surface area contributed by atoms with Crippen molar-refractivity contribution in [2.24, 2.45) is 5.41 Å². The van der Waals surface area contributed by atoms with E-state index in [2.05, 4.69) is 24.0 Å². The summed E-state index contributed by atoms with van der Waals surface area (Å²) in [6, 6.07) is 9.88. The zero-order valence-electron chi connectivity index (χ0n) is 12.1. The SMILES string of the molecule is CC1(C)CN(C(=O)CCl)c2nnc(-c3ccccc3)n2C1. The van der Waals surface area contributed by atoms with Gasteiger partial charge in [-0.25, -0.2) is 0 Å². The molecule has 0 saturated heterocycles. The van der Waals surface area contributed by atoms with Crippen molar-refractivity contribution in [3.63, 3.8) is 0 Å². The van der Waals surface area contributed by atoms with Crippen LogP contribution in [0.15, 0.2) is 30.3 Å². The summed E-state index contributed by atoms with van der Waals surface area (Å²) in [4.78, 5) is 13.7. The molecule has 0 N–H and O–H groups in total. The minimum atomic E-state index is -0.141. The van der Waals surface area contributed by atoms with Gasteiger partial charge in [0, 0.05) is 24.1 Å². The van der Waals surface area contributed by atoms with Gasteiger partial charge in [0.05, 0.1) is 0 Å². The number of halogens is 1. The predicted octanol–water partition coefficient (Wildman–Crippen LogP) is 2.56. The first-order chi connectivity index (χ1) is 10.0. The van der Waals surface area contributed by atoms with Gasteiger partial charge < -0.3 is 0 Å². The fourth-order valence-corrected chi connectivity index (χ4v) is 2.83. The van der Waals surface area contributed by atoms with Crippen molar-refractivity contribution >= 4 is 23.5 Å². The molecule has 6 heteroatoms.